The zero-order valence-electron chi connectivity index (χ0n) is 19.4. The van der Waals surface area contributed by atoms with E-state index in [0.29, 0.717) is 5.57 Å². The number of nitrogens with zero attached hydrogens (tertiary/aromatic N) is 4. The number of carbonyl (C=O) groups excluding carboxylic acids is 2. The minimum atomic E-state index is -0.449. The molecule has 0 bridgehead atoms. The Labute approximate surface area is 206 Å². The maximum atomic E-state index is 12.7. The van der Waals surface area contributed by atoms with E-state index >= 15 is 0 Å². The van der Waals surface area contributed by atoms with Crippen LogP contribution in [0.2, 0.25) is 0 Å². The zero-order valence-corrected chi connectivity index (χ0v) is 19.4. The quantitative estimate of drug-likeness (QED) is 0.349. The number of rotatable bonds is 7. The maximum Gasteiger partial charge on any atom is 0.263 e. The van der Waals surface area contributed by atoms with E-state index in [9.17, 15) is 14.4 Å². The van der Waals surface area contributed by atoms with Crippen LogP contribution >= 0.6 is 0 Å². The molecule has 0 spiro atoms. The highest BCUT2D eigenvalue weighted by molar-refractivity contribution is 6.34. The van der Waals surface area contributed by atoms with Crippen molar-refractivity contribution in [2.75, 3.05) is 11.9 Å². The number of nitrogens with one attached hydrogen (secondary N) is 3. The summed E-state index contributed by atoms with van der Waals surface area (Å²) in [5, 5.41) is 5.62. The van der Waals surface area contributed by atoms with Gasteiger partial charge in [-0.1, -0.05) is 24.3 Å². The monoisotopic (exact) mass is 481 g/mol. The lowest BCUT2D eigenvalue weighted by Crippen LogP contribution is -2.33. The highest BCUT2D eigenvalue weighted by atomic mass is 16.2. The predicted molar refractivity (Wildman–Crippen MR) is 136 cm³/mol. The van der Waals surface area contributed by atoms with Gasteiger partial charge >= 0.3 is 0 Å². The van der Waals surface area contributed by atoms with Crippen molar-refractivity contribution in [2.24, 2.45) is 7.05 Å². The number of benzene rings is 1. The summed E-state index contributed by atoms with van der Waals surface area (Å²) in [6.45, 7) is 0.524. The molecular formula is C26H23N7O3. The van der Waals surface area contributed by atoms with Gasteiger partial charge in [-0.3, -0.25) is 14.4 Å². The van der Waals surface area contributed by atoms with Crippen LogP contribution in [0.3, 0.4) is 0 Å². The van der Waals surface area contributed by atoms with Crippen LogP contribution in [0.25, 0.3) is 17.7 Å². The molecule has 1 aromatic carbocycles. The van der Waals surface area contributed by atoms with Crippen LogP contribution in [0.5, 0.6) is 0 Å². The van der Waals surface area contributed by atoms with E-state index in [-0.39, 0.29) is 30.1 Å². The SMILES string of the molecule is Cn1cnc(Cn2cccc(C(=O)NCC=Cc3ccc4c(c3)NC(=O)C4=Cc3cnc[nH]3)c2=O)c1. The van der Waals surface area contributed by atoms with Crippen molar-refractivity contribution in [3.8, 4) is 0 Å². The second-order valence-electron chi connectivity index (χ2n) is 8.32. The third-order valence-corrected chi connectivity index (χ3v) is 5.69. The van der Waals surface area contributed by atoms with Crippen molar-refractivity contribution < 1.29 is 9.59 Å². The van der Waals surface area contributed by atoms with Gasteiger partial charge in [-0.05, 0) is 29.8 Å². The molecule has 0 radical (unpaired) electrons. The van der Waals surface area contributed by atoms with E-state index in [4.69, 9.17) is 0 Å². The molecule has 2 amide bonds. The van der Waals surface area contributed by atoms with Gasteiger partial charge in [0.25, 0.3) is 17.4 Å². The molecule has 10 nitrogen and oxygen atoms in total. The van der Waals surface area contributed by atoms with Gasteiger partial charge in [0, 0.05) is 37.2 Å². The molecule has 0 unspecified atom stereocenters. The Morgan fingerprint density at radius 1 is 1.22 bits per heavy atom. The van der Waals surface area contributed by atoms with Crippen molar-refractivity contribution in [1.29, 1.82) is 0 Å². The highest BCUT2D eigenvalue weighted by Gasteiger charge is 2.24. The number of aryl methyl sites for hydroxylation is 1. The van der Waals surface area contributed by atoms with Gasteiger partial charge in [0.05, 0.1) is 42.4 Å². The van der Waals surface area contributed by atoms with Gasteiger partial charge in [0.15, 0.2) is 0 Å². The number of amides is 2. The molecule has 36 heavy (non-hydrogen) atoms. The predicted octanol–water partition coefficient (Wildman–Crippen LogP) is 2.29. The third kappa shape index (κ3) is 4.78. The minimum Gasteiger partial charge on any atom is -0.348 e. The fraction of sp³-hybridized carbons (Fsp3) is 0.115. The summed E-state index contributed by atoms with van der Waals surface area (Å²) < 4.78 is 3.26. The highest BCUT2D eigenvalue weighted by Crippen LogP contribution is 2.33. The van der Waals surface area contributed by atoms with Gasteiger partial charge in [-0.15, -0.1) is 0 Å². The van der Waals surface area contributed by atoms with Crippen LogP contribution < -0.4 is 16.2 Å². The summed E-state index contributed by atoms with van der Waals surface area (Å²) in [6, 6.07) is 8.82. The summed E-state index contributed by atoms with van der Waals surface area (Å²) in [4.78, 5) is 48.9. The maximum absolute atomic E-state index is 12.7. The number of carbonyl (C=O) groups is 2. The summed E-state index contributed by atoms with van der Waals surface area (Å²) in [6.07, 6.45) is 13.7. The Balaban J connectivity index is 1.22. The largest absolute Gasteiger partial charge is 0.348 e. The van der Waals surface area contributed by atoms with Gasteiger partial charge in [-0.25, -0.2) is 9.97 Å². The van der Waals surface area contributed by atoms with E-state index in [1.807, 2.05) is 37.5 Å². The second-order valence-corrected chi connectivity index (χ2v) is 8.32. The number of anilines is 1. The normalized spacial score (nSPS) is 13.8. The van der Waals surface area contributed by atoms with Gasteiger partial charge < -0.3 is 24.8 Å². The molecular weight excluding hydrogens is 458 g/mol. The van der Waals surface area contributed by atoms with E-state index in [0.717, 1.165) is 28.2 Å². The van der Waals surface area contributed by atoms with Gasteiger partial charge in [0.1, 0.15) is 5.56 Å². The average molecular weight is 482 g/mol. The van der Waals surface area contributed by atoms with Crippen molar-refractivity contribution in [2.45, 2.75) is 6.54 Å². The number of aromatic nitrogens is 5. The fourth-order valence-electron chi connectivity index (χ4n) is 3.96. The summed E-state index contributed by atoms with van der Waals surface area (Å²) in [7, 11) is 1.85. The Morgan fingerprint density at radius 3 is 2.89 bits per heavy atom. The second kappa shape index (κ2) is 9.71. The molecule has 0 saturated carbocycles. The van der Waals surface area contributed by atoms with Crippen molar-refractivity contribution >= 4 is 35.2 Å². The van der Waals surface area contributed by atoms with Crippen LogP contribution in [0.15, 0.2) is 72.4 Å². The Morgan fingerprint density at radius 2 is 2.11 bits per heavy atom. The molecule has 0 fully saturated rings. The van der Waals surface area contributed by atoms with Gasteiger partial charge in [-0.2, -0.15) is 0 Å². The van der Waals surface area contributed by atoms with E-state index in [1.165, 1.54) is 10.6 Å². The van der Waals surface area contributed by atoms with Crippen molar-refractivity contribution in [3.05, 3.63) is 106 Å². The first-order valence-corrected chi connectivity index (χ1v) is 11.2. The molecule has 5 rings (SSSR count). The lowest BCUT2D eigenvalue weighted by molar-refractivity contribution is -0.110. The van der Waals surface area contributed by atoms with E-state index in [1.54, 1.807) is 47.8 Å². The first-order chi connectivity index (χ1) is 17.5. The lowest BCUT2D eigenvalue weighted by atomic mass is 10.0. The van der Waals surface area contributed by atoms with Crippen LogP contribution in [0, 0.1) is 0 Å². The lowest BCUT2D eigenvalue weighted by Gasteiger charge is -2.07. The summed E-state index contributed by atoms with van der Waals surface area (Å²) >= 11 is 0. The van der Waals surface area contributed by atoms with E-state index < -0.39 is 5.91 Å². The molecule has 4 aromatic rings. The number of H-pyrrole nitrogens is 1. The number of fused-ring (bicyclic) bond motifs is 1. The molecule has 10 heteroatoms. The molecule has 180 valence electrons. The smallest absolute Gasteiger partial charge is 0.263 e. The summed E-state index contributed by atoms with van der Waals surface area (Å²) in [5.41, 5.74) is 4.12. The molecule has 1 aliphatic heterocycles. The molecule has 0 saturated heterocycles. The van der Waals surface area contributed by atoms with E-state index in [2.05, 4.69) is 25.6 Å². The zero-order chi connectivity index (χ0) is 25.1. The molecule has 1 aliphatic rings. The Hall–Kier alpha value is -4.99. The molecule has 3 N–H and O–H groups in total. The topological polar surface area (TPSA) is 127 Å². The number of aromatic amines is 1. The molecule has 4 heterocycles. The number of imidazole rings is 2. The Kier molecular flexibility index (Phi) is 6.14. The molecule has 0 aliphatic carbocycles. The number of hydrogen-bond donors (Lipinski definition) is 3. The number of pyridine rings is 1. The average Bonchev–Trinajstić information content (AvgIpc) is 3.59. The standard InChI is InChI=1S/C26H23N7O3/c1-32-13-19(30-16-32)14-33-9-3-5-21(26(33)36)24(34)28-8-2-4-17-6-7-20-22(11-18-12-27-15-29-18)25(35)31-23(20)10-17/h2-7,9-13,15-16H,8,14H2,1H3,(H,27,29)(H,28,34)(H,31,35). The first-order valence-electron chi connectivity index (χ1n) is 11.2. The van der Waals surface area contributed by atoms with Crippen molar-refractivity contribution in [3.63, 3.8) is 0 Å². The first kappa shape index (κ1) is 22.8. The van der Waals surface area contributed by atoms with Crippen LogP contribution in [-0.4, -0.2) is 42.4 Å². The number of hydrogen-bond acceptors (Lipinski definition) is 5. The van der Waals surface area contributed by atoms with Gasteiger partial charge in [0.2, 0.25) is 0 Å². The van der Waals surface area contributed by atoms with Crippen LogP contribution in [0.4, 0.5) is 5.69 Å². The minimum absolute atomic E-state index is 0.0682. The van der Waals surface area contributed by atoms with Crippen molar-refractivity contribution in [1.82, 2.24) is 29.4 Å². The summed E-state index contributed by atoms with van der Waals surface area (Å²) in [5.74, 6) is -0.626. The third-order valence-electron chi connectivity index (χ3n) is 5.69. The van der Waals surface area contributed by atoms with Crippen LogP contribution in [0.1, 0.15) is 32.9 Å². The van der Waals surface area contributed by atoms with Crippen LogP contribution in [-0.2, 0) is 18.4 Å². The molecule has 3 aromatic heterocycles. The Bertz CT molecular complexity index is 1560. The fourth-order valence-corrected chi connectivity index (χ4v) is 3.96. The molecule has 0 atom stereocenters.